The van der Waals surface area contributed by atoms with Gasteiger partial charge in [0.15, 0.2) is 0 Å². The first kappa shape index (κ1) is 17.0. The molecule has 0 spiro atoms. The average Bonchev–Trinajstić information content (AvgIpc) is 3.38. The quantitative estimate of drug-likeness (QED) is 0.841. The van der Waals surface area contributed by atoms with Crippen molar-refractivity contribution >= 4 is 10.0 Å². The maximum atomic E-state index is 13.0. The molecule has 2 N–H and O–H groups in total. The number of benzene rings is 2. The molecule has 0 heterocycles. The molecule has 2 aromatic rings. The molecule has 1 saturated carbocycles. The summed E-state index contributed by atoms with van der Waals surface area (Å²) in [5, 5.41) is 20.2. The minimum absolute atomic E-state index is 0.00904. The Kier molecular flexibility index (Phi) is 4.38. The molecule has 2 aromatic carbocycles. The number of phenolic OH excluding ortho intramolecular Hbond substituents is 1. The van der Waals surface area contributed by atoms with Crippen molar-refractivity contribution in [3.8, 4) is 5.75 Å². The molecule has 1 fully saturated rings. The summed E-state index contributed by atoms with van der Waals surface area (Å²) in [5.41, 5.74) is -0.607. The van der Waals surface area contributed by atoms with Crippen molar-refractivity contribution in [2.75, 3.05) is 6.54 Å². The zero-order valence-electron chi connectivity index (χ0n) is 13.5. The van der Waals surface area contributed by atoms with Gasteiger partial charge in [0.25, 0.3) is 0 Å². The van der Waals surface area contributed by atoms with Crippen molar-refractivity contribution in [2.45, 2.75) is 36.3 Å². The van der Waals surface area contributed by atoms with E-state index in [9.17, 15) is 18.6 Å². The number of hydrogen-bond acceptors (Lipinski definition) is 4. The van der Waals surface area contributed by atoms with E-state index in [0.717, 1.165) is 12.8 Å². The van der Waals surface area contributed by atoms with Crippen LogP contribution in [0.25, 0.3) is 0 Å². The number of aromatic hydroxyl groups is 1. The van der Waals surface area contributed by atoms with Gasteiger partial charge in [0.1, 0.15) is 11.4 Å². The van der Waals surface area contributed by atoms with Crippen LogP contribution in [0.1, 0.15) is 25.3 Å². The summed E-state index contributed by atoms with van der Waals surface area (Å²) in [6.45, 7) is 1.62. The molecule has 0 aliphatic heterocycles. The highest BCUT2D eigenvalue weighted by Crippen LogP contribution is 2.35. The van der Waals surface area contributed by atoms with Gasteiger partial charge in [-0.2, -0.15) is 4.31 Å². The van der Waals surface area contributed by atoms with Crippen LogP contribution in [0.5, 0.6) is 5.75 Å². The molecular formula is C18H21NO4S. The lowest BCUT2D eigenvalue weighted by Gasteiger charge is -2.31. The molecule has 0 aromatic heterocycles. The van der Waals surface area contributed by atoms with Crippen molar-refractivity contribution in [1.29, 1.82) is 0 Å². The Hall–Kier alpha value is -1.89. The van der Waals surface area contributed by atoms with Gasteiger partial charge >= 0.3 is 0 Å². The fourth-order valence-electron chi connectivity index (χ4n) is 2.72. The second kappa shape index (κ2) is 6.20. The van der Waals surface area contributed by atoms with Crippen LogP contribution in [0, 0.1) is 0 Å². The standard InChI is InChI=1S/C18H21NO4S/c1-18(21,14-5-3-2-4-6-14)13-19(15-7-8-15)24(22,23)17-11-9-16(20)10-12-17/h2-6,9-12,15,20-21H,7-8,13H2,1H3/t18-/m1/s1. The summed E-state index contributed by atoms with van der Waals surface area (Å²) in [7, 11) is -3.73. The van der Waals surface area contributed by atoms with E-state index in [0.29, 0.717) is 5.56 Å². The highest BCUT2D eigenvalue weighted by molar-refractivity contribution is 7.89. The molecule has 1 atom stereocenters. The smallest absolute Gasteiger partial charge is 0.243 e. The zero-order valence-corrected chi connectivity index (χ0v) is 14.3. The predicted molar refractivity (Wildman–Crippen MR) is 91.0 cm³/mol. The van der Waals surface area contributed by atoms with Gasteiger partial charge in [-0.1, -0.05) is 30.3 Å². The van der Waals surface area contributed by atoms with E-state index in [1.807, 2.05) is 18.2 Å². The Labute approximate surface area is 142 Å². The first-order valence-electron chi connectivity index (χ1n) is 7.89. The van der Waals surface area contributed by atoms with Crippen LogP contribution in [0.15, 0.2) is 59.5 Å². The summed E-state index contributed by atoms with van der Waals surface area (Å²) in [5.74, 6) is 0.0169. The average molecular weight is 347 g/mol. The second-order valence-electron chi connectivity index (χ2n) is 6.42. The molecule has 0 bridgehead atoms. The van der Waals surface area contributed by atoms with Crippen LogP contribution >= 0.6 is 0 Å². The van der Waals surface area contributed by atoms with E-state index in [2.05, 4.69) is 0 Å². The summed E-state index contributed by atoms with van der Waals surface area (Å²) < 4.78 is 27.3. The van der Waals surface area contributed by atoms with Crippen LogP contribution in [0.3, 0.4) is 0 Å². The normalized spacial score (nSPS) is 17.6. The molecule has 5 nitrogen and oxygen atoms in total. The van der Waals surface area contributed by atoms with E-state index < -0.39 is 15.6 Å². The SMILES string of the molecule is C[C@@](O)(CN(C1CC1)S(=O)(=O)c1ccc(O)cc1)c1ccccc1. The molecule has 6 heteroatoms. The minimum Gasteiger partial charge on any atom is -0.508 e. The topological polar surface area (TPSA) is 77.8 Å². The van der Waals surface area contributed by atoms with Crippen molar-refractivity contribution < 1.29 is 18.6 Å². The molecule has 1 aliphatic rings. The summed E-state index contributed by atoms with van der Waals surface area (Å²) in [4.78, 5) is 0.121. The second-order valence-corrected chi connectivity index (χ2v) is 8.31. The molecule has 0 saturated heterocycles. The molecule has 3 rings (SSSR count). The van der Waals surface area contributed by atoms with Gasteiger partial charge in [-0.25, -0.2) is 8.42 Å². The van der Waals surface area contributed by atoms with E-state index in [1.165, 1.54) is 28.6 Å². The highest BCUT2D eigenvalue weighted by atomic mass is 32.2. The number of aliphatic hydroxyl groups is 1. The Morgan fingerprint density at radius 3 is 2.21 bits per heavy atom. The van der Waals surface area contributed by atoms with E-state index in [-0.39, 0.29) is 23.2 Å². The van der Waals surface area contributed by atoms with E-state index in [4.69, 9.17) is 0 Å². The molecule has 128 valence electrons. The van der Waals surface area contributed by atoms with Crippen LogP contribution in [0.2, 0.25) is 0 Å². The lowest BCUT2D eigenvalue weighted by Crippen LogP contribution is -2.43. The van der Waals surface area contributed by atoms with E-state index in [1.54, 1.807) is 19.1 Å². The Morgan fingerprint density at radius 2 is 1.67 bits per heavy atom. The molecular weight excluding hydrogens is 326 g/mol. The van der Waals surface area contributed by atoms with Gasteiger partial charge in [0, 0.05) is 12.6 Å². The number of hydrogen-bond donors (Lipinski definition) is 2. The van der Waals surface area contributed by atoms with Crippen LogP contribution in [-0.4, -0.2) is 35.5 Å². The van der Waals surface area contributed by atoms with Crippen molar-refractivity contribution in [1.82, 2.24) is 4.31 Å². The maximum absolute atomic E-state index is 13.0. The summed E-state index contributed by atoms with van der Waals surface area (Å²) >= 11 is 0. The van der Waals surface area contributed by atoms with Gasteiger partial charge in [0.2, 0.25) is 10.0 Å². The van der Waals surface area contributed by atoms with Crippen molar-refractivity contribution in [2.24, 2.45) is 0 Å². The maximum Gasteiger partial charge on any atom is 0.243 e. The monoisotopic (exact) mass is 347 g/mol. The molecule has 24 heavy (non-hydrogen) atoms. The summed E-state index contributed by atoms with van der Waals surface area (Å²) in [6, 6.07) is 14.5. The largest absolute Gasteiger partial charge is 0.508 e. The van der Waals surface area contributed by atoms with Crippen molar-refractivity contribution in [3.63, 3.8) is 0 Å². The molecule has 0 unspecified atom stereocenters. The highest BCUT2D eigenvalue weighted by Gasteiger charge is 2.42. The fourth-order valence-corrected chi connectivity index (χ4v) is 4.49. The van der Waals surface area contributed by atoms with Gasteiger partial charge in [-0.15, -0.1) is 0 Å². The van der Waals surface area contributed by atoms with Crippen LogP contribution < -0.4 is 0 Å². The number of nitrogens with zero attached hydrogens (tertiary/aromatic N) is 1. The number of phenols is 1. The van der Waals surface area contributed by atoms with Gasteiger partial charge < -0.3 is 10.2 Å². The van der Waals surface area contributed by atoms with E-state index >= 15 is 0 Å². The number of sulfonamides is 1. The first-order chi connectivity index (χ1) is 11.3. The van der Waals surface area contributed by atoms with Gasteiger partial charge in [0.05, 0.1) is 4.90 Å². The number of rotatable bonds is 6. The predicted octanol–water partition coefficient (Wildman–Crippen LogP) is 2.45. The lowest BCUT2D eigenvalue weighted by atomic mass is 9.96. The zero-order chi connectivity index (χ0) is 17.4. The van der Waals surface area contributed by atoms with Gasteiger partial charge in [-0.3, -0.25) is 0 Å². The molecule has 0 amide bonds. The fraction of sp³-hybridized carbons (Fsp3) is 0.333. The minimum atomic E-state index is -3.73. The third-order valence-electron chi connectivity index (χ3n) is 4.26. The van der Waals surface area contributed by atoms with Crippen LogP contribution in [0.4, 0.5) is 0 Å². The van der Waals surface area contributed by atoms with Gasteiger partial charge in [-0.05, 0) is 49.6 Å². The Bertz CT molecular complexity index is 797. The third kappa shape index (κ3) is 3.45. The van der Waals surface area contributed by atoms with Crippen LogP contribution in [-0.2, 0) is 15.6 Å². The lowest BCUT2D eigenvalue weighted by molar-refractivity contribution is 0.0356. The molecule has 1 aliphatic carbocycles. The Morgan fingerprint density at radius 1 is 1.08 bits per heavy atom. The Balaban J connectivity index is 1.91. The van der Waals surface area contributed by atoms with Crippen molar-refractivity contribution in [3.05, 3.63) is 60.2 Å². The third-order valence-corrected chi connectivity index (χ3v) is 6.17. The summed E-state index contributed by atoms with van der Waals surface area (Å²) in [6.07, 6.45) is 1.59. The molecule has 0 radical (unpaired) electrons. The first-order valence-corrected chi connectivity index (χ1v) is 9.33.